The Morgan fingerprint density at radius 2 is 1.89 bits per heavy atom. The third kappa shape index (κ3) is 2.85. The number of amides is 1. The van der Waals surface area contributed by atoms with E-state index in [0.29, 0.717) is 37.0 Å². The molecule has 2 heterocycles. The van der Waals surface area contributed by atoms with Crippen LogP contribution in [0.4, 0.5) is 0 Å². The number of rotatable bonds is 2. The van der Waals surface area contributed by atoms with Gasteiger partial charge < -0.3 is 4.90 Å². The second-order valence-electron chi connectivity index (χ2n) is 4.10. The highest BCUT2D eigenvalue weighted by molar-refractivity contribution is 7.88. The zero-order valence-electron chi connectivity index (χ0n) is 10.2. The van der Waals surface area contributed by atoms with Crippen LogP contribution in [0.15, 0.2) is 0 Å². The molecular formula is C9H14N4O3S2. The highest BCUT2D eigenvalue weighted by atomic mass is 32.2. The molecule has 1 fully saturated rings. The molecule has 1 aliphatic rings. The minimum atomic E-state index is -3.17. The Morgan fingerprint density at radius 1 is 1.28 bits per heavy atom. The summed E-state index contributed by atoms with van der Waals surface area (Å²) < 4.78 is 28.0. The van der Waals surface area contributed by atoms with Gasteiger partial charge in [-0.3, -0.25) is 4.79 Å². The average Bonchev–Trinajstić information content (AvgIpc) is 2.74. The third-order valence-electron chi connectivity index (χ3n) is 2.71. The Kier molecular flexibility index (Phi) is 3.64. The number of carbonyl (C=O) groups excluding carboxylic acids is 1. The van der Waals surface area contributed by atoms with Crippen molar-refractivity contribution in [2.75, 3.05) is 32.4 Å². The fourth-order valence-electron chi connectivity index (χ4n) is 1.74. The van der Waals surface area contributed by atoms with Gasteiger partial charge in [0.25, 0.3) is 5.91 Å². The summed E-state index contributed by atoms with van der Waals surface area (Å²) in [6.45, 7) is 3.19. The zero-order valence-corrected chi connectivity index (χ0v) is 11.8. The Labute approximate surface area is 110 Å². The normalized spacial score (nSPS) is 18.0. The van der Waals surface area contributed by atoms with Crippen LogP contribution in [0.25, 0.3) is 0 Å². The highest BCUT2D eigenvalue weighted by Crippen LogP contribution is 2.12. The summed E-state index contributed by atoms with van der Waals surface area (Å²) in [6.07, 6.45) is 1.18. The molecule has 0 saturated carbocycles. The molecule has 0 unspecified atom stereocenters. The molecule has 18 heavy (non-hydrogen) atoms. The lowest BCUT2D eigenvalue weighted by Crippen LogP contribution is -2.50. The first-order chi connectivity index (χ1) is 8.38. The van der Waals surface area contributed by atoms with Crippen LogP contribution in [0.2, 0.25) is 0 Å². The first-order valence-electron chi connectivity index (χ1n) is 5.42. The number of sulfonamides is 1. The summed E-state index contributed by atoms with van der Waals surface area (Å²) in [4.78, 5) is 17.7. The summed E-state index contributed by atoms with van der Waals surface area (Å²) in [5, 5.41) is 0.361. The molecule has 1 aromatic heterocycles. The molecule has 2 rings (SSSR count). The van der Waals surface area contributed by atoms with Crippen LogP contribution in [0.1, 0.15) is 15.6 Å². The van der Waals surface area contributed by atoms with Gasteiger partial charge in [0.05, 0.1) is 6.26 Å². The molecule has 7 nitrogen and oxygen atoms in total. The molecule has 0 N–H and O–H groups in total. The van der Waals surface area contributed by atoms with Crippen molar-refractivity contribution in [1.29, 1.82) is 0 Å². The van der Waals surface area contributed by atoms with E-state index in [-0.39, 0.29) is 5.91 Å². The summed E-state index contributed by atoms with van der Waals surface area (Å²) in [5.41, 5.74) is 0. The molecule has 9 heteroatoms. The van der Waals surface area contributed by atoms with Crippen LogP contribution in [0.5, 0.6) is 0 Å². The summed E-state index contributed by atoms with van der Waals surface area (Å²) >= 11 is 1.07. The first-order valence-corrected chi connectivity index (χ1v) is 8.05. The van der Waals surface area contributed by atoms with Gasteiger partial charge >= 0.3 is 0 Å². The molecular weight excluding hydrogens is 276 g/mol. The van der Waals surface area contributed by atoms with E-state index in [9.17, 15) is 13.2 Å². The van der Waals surface area contributed by atoms with Crippen LogP contribution in [0, 0.1) is 6.92 Å². The maximum absolute atomic E-state index is 12.0. The standard InChI is InChI=1S/C9H14N4O3S2/c1-7-10-8(17-11-7)9(14)12-3-5-13(6-4-12)18(2,15)16/h3-6H2,1-2H3. The molecule has 0 bridgehead atoms. The Morgan fingerprint density at radius 3 is 2.33 bits per heavy atom. The van der Waals surface area contributed by atoms with Gasteiger partial charge in [0, 0.05) is 26.2 Å². The maximum Gasteiger partial charge on any atom is 0.284 e. The number of aryl methyl sites for hydroxylation is 1. The number of carbonyl (C=O) groups is 1. The molecule has 0 atom stereocenters. The van der Waals surface area contributed by atoms with Crippen LogP contribution in [-0.4, -0.2) is 65.3 Å². The lowest BCUT2D eigenvalue weighted by Gasteiger charge is -2.32. The number of nitrogens with zero attached hydrogens (tertiary/aromatic N) is 4. The van der Waals surface area contributed by atoms with E-state index in [0.717, 1.165) is 11.5 Å². The van der Waals surface area contributed by atoms with Crippen molar-refractivity contribution in [3.8, 4) is 0 Å². The predicted octanol–water partition coefficient (Wildman–Crippen LogP) is -0.436. The molecule has 0 aliphatic carbocycles. The van der Waals surface area contributed by atoms with Crippen molar-refractivity contribution >= 4 is 27.5 Å². The first kappa shape index (κ1) is 13.4. The van der Waals surface area contributed by atoms with Crippen molar-refractivity contribution in [2.45, 2.75) is 6.92 Å². The number of piperazine rings is 1. The zero-order chi connectivity index (χ0) is 13.3. The summed E-state index contributed by atoms with van der Waals surface area (Å²) in [7, 11) is -3.17. The fraction of sp³-hybridized carbons (Fsp3) is 0.667. The topological polar surface area (TPSA) is 83.5 Å². The van der Waals surface area contributed by atoms with Crippen LogP contribution >= 0.6 is 11.5 Å². The van der Waals surface area contributed by atoms with E-state index in [2.05, 4.69) is 9.36 Å². The number of aromatic nitrogens is 2. The van der Waals surface area contributed by atoms with Crippen molar-refractivity contribution < 1.29 is 13.2 Å². The highest BCUT2D eigenvalue weighted by Gasteiger charge is 2.27. The lowest BCUT2D eigenvalue weighted by atomic mass is 10.3. The van der Waals surface area contributed by atoms with E-state index in [4.69, 9.17) is 0 Å². The van der Waals surface area contributed by atoms with Gasteiger partial charge in [-0.25, -0.2) is 13.4 Å². The van der Waals surface area contributed by atoms with E-state index >= 15 is 0 Å². The predicted molar refractivity (Wildman–Crippen MR) is 67.0 cm³/mol. The molecule has 100 valence electrons. The van der Waals surface area contributed by atoms with Gasteiger partial charge in [0.1, 0.15) is 5.82 Å². The van der Waals surface area contributed by atoms with Gasteiger partial charge in [-0.15, -0.1) is 0 Å². The summed E-state index contributed by atoms with van der Waals surface area (Å²) in [5.74, 6) is 0.409. The Balaban J connectivity index is 2.00. The van der Waals surface area contributed by atoms with Crippen molar-refractivity contribution in [3.05, 3.63) is 10.8 Å². The smallest absolute Gasteiger partial charge is 0.284 e. The quantitative estimate of drug-likeness (QED) is 0.737. The van der Waals surface area contributed by atoms with Crippen LogP contribution in [0.3, 0.4) is 0 Å². The van der Waals surface area contributed by atoms with Crippen molar-refractivity contribution in [1.82, 2.24) is 18.6 Å². The van der Waals surface area contributed by atoms with Gasteiger partial charge in [0.2, 0.25) is 15.0 Å². The lowest BCUT2D eigenvalue weighted by molar-refractivity contribution is 0.0697. The van der Waals surface area contributed by atoms with Crippen molar-refractivity contribution in [2.24, 2.45) is 0 Å². The molecule has 1 saturated heterocycles. The van der Waals surface area contributed by atoms with Crippen LogP contribution in [-0.2, 0) is 10.0 Å². The molecule has 0 aromatic carbocycles. The van der Waals surface area contributed by atoms with Gasteiger partial charge in [-0.05, 0) is 18.5 Å². The maximum atomic E-state index is 12.0. The van der Waals surface area contributed by atoms with E-state index in [1.54, 1.807) is 11.8 Å². The van der Waals surface area contributed by atoms with Gasteiger partial charge in [-0.2, -0.15) is 8.68 Å². The second-order valence-corrected chi connectivity index (χ2v) is 6.84. The number of hydrogen-bond acceptors (Lipinski definition) is 6. The Hall–Kier alpha value is -1.06. The largest absolute Gasteiger partial charge is 0.334 e. The van der Waals surface area contributed by atoms with Crippen LogP contribution < -0.4 is 0 Å². The molecule has 0 spiro atoms. The third-order valence-corrected chi connectivity index (χ3v) is 4.80. The second kappa shape index (κ2) is 4.90. The monoisotopic (exact) mass is 290 g/mol. The minimum Gasteiger partial charge on any atom is -0.334 e. The molecule has 1 amide bonds. The van der Waals surface area contributed by atoms with E-state index in [1.165, 1.54) is 10.6 Å². The van der Waals surface area contributed by atoms with Crippen molar-refractivity contribution in [3.63, 3.8) is 0 Å². The number of hydrogen-bond donors (Lipinski definition) is 0. The molecule has 0 radical (unpaired) electrons. The minimum absolute atomic E-state index is 0.172. The van der Waals surface area contributed by atoms with Gasteiger partial charge in [0.15, 0.2) is 0 Å². The summed E-state index contributed by atoms with van der Waals surface area (Å²) in [6, 6.07) is 0. The van der Waals surface area contributed by atoms with Gasteiger partial charge in [-0.1, -0.05) is 0 Å². The molecule has 1 aromatic rings. The van der Waals surface area contributed by atoms with E-state index in [1.807, 2.05) is 0 Å². The Bertz CT molecular complexity index is 546. The van der Waals surface area contributed by atoms with E-state index < -0.39 is 10.0 Å². The molecule has 1 aliphatic heterocycles. The SMILES string of the molecule is Cc1nsc(C(=O)N2CCN(S(C)(=O)=O)CC2)n1. The fourth-order valence-corrected chi connectivity index (χ4v) is 3.21. The average molecular weight is 290 g/mol.